The number of hydrazine groups is 1. The molecule has 2 N–H and O–H groups in total. The minimum atomic E-state index is -0.284. The van der Waals surface area contributed by atoms with E-state index in [1.165, 1.54) is 23.5 Å². The number of rotatable bonds is 11. The van der Waals surface area contributed by atoms with Gasteiger partial charge >= 0.3 is 0 Å². The van der Waals surface area contributed by atoms with Gasteiger partial charge in [-0.05, 0) is 67.4 Å². The molecule has 4 rings (SSSR count). The Morgan fingerprint density at radius 2 is 1.84 bits per heavy atom. The first kappa shape index (κ1) is 27.6. The van der Waals surface area contributed by atoms with Crippen molar-refractivity contribution >= 4 is 28.8 Å². The fourth-order valence-electron chi connectivity index (χ4n) is 4.46. The SMILES string of the molecule is CCNCCNC(=O)CN(CC(=O)N(C)N1Cc2ccc(F)cc2C1)c1ccc(-c2nnc(C)s2)cc1C. The van der Waals surface area contributed by atoms with E-state index < -0.39 is 0 Å². The van der Waals surface area contributed by atoms with E-state index in [4.69, 9.17) is 0 Å². The van der Waals surface area contributed by atoms with Gasteiger partial charge in [-0.25, -0.2) is 9.40 Å². The van der Waals surface area contributed by atoms with E-state index >= 15 is 0 Å². The van der Waals surface area contributed by atoms with Crippen LogP contribution < -0.4 is 15.5 Å². The van der Waals surface area contributed by atoms with Crippen LogP contribution in [0.25, 0.3) is 10.6 Å². The van der Waals surface area contributed by atoms with Crippen LogP contribution in [-0.2, 0) is 22.7 Å². The summed E-state index contributed by atoms with van der Waals surface area (Å²) in [4.78, 5) is 28.0. The van der Waals surface area contributed by atoms with E-state index in [-0.39, 0.29) is 30.7 Å². The summed E-state index contributed by atoms with van der Waals surface area (Å²) in [5, 5.41) is 19.6. The summed E-state index contributed by atoms with van der Waals surface area (Å²) in [6.07, 6.45) is 0. The number of aromatic nitrogens is 2. The maximum atomic E-state index is 13.7. The van der Waals surface area contributed by atoms with Crippen LogP contribution in [0.2, 0.25) is 0 Å². The van der Waals surface area contributed by atoms with Crippen molar-refractivity contribution in [2.24, 2.45) is 0 Å². The highest BCUT2D eigenvalue weighted by Gasteiger charge is 2.27. The predicted molar refractivity (Wildman–Crippen MR) is 147 cm³/mol. The van der Waals surface area contributed by atoms with Crippen molar-refractivity contribution in [1.82, 2.24) is 30.8 Å². The lowest BCUT2D eigenvalue weighted by Gasteiger charge is -2.32. The minimum absolute atomic E-state index is 0.0104. The number of aryl methyl sites for hydroxylation is 2. The number of halogens is 1. The Morgan fingerprint density at radius 3 is 2.55 bits per heavy atom. The van der Waals surface area contributed by atoms with Crippen LogP contribution in [0.15, 0.2) is 36.4 Å². The number of hydrogen-bond acceptors (Lipinski definition) is 8. The van der Waals surface area contributed by atoms with Crippen molar-refractivity contribution in [3.63, 3.8) is 0 Å². The van der Waals surface area contributed by atoms with Gasteiger partial charge < -0.3 is 15.5 Å². The monoisotopic (exact) mass is 539 g/mol. The molecule has 1 aromatic heterocycles. The van der Waals surface area contributed by atoms with Gasteiger partial charge in [0.15, 0.2) is 0 Å². The third kappa shape index (κ3) is 6.72. The zero-order valence-electron chi connectivity index (χ0n) is 22.3. The summed E-state index contributed by atoms with van der Waals surface area (Å²) in [7, 11) is 1.72. The second-order valence-electron chi connectivity index (χ2n) is 9.34. The number of fused-ring (bicyclic) bond motifs is 1. The van der Waals surface area contributed by atoms with Gasteiger partial charge in [-0.3, -0.25) is 14.6 Å². The minimum Gasteiger partial charge on any atom is -0.353 e. The summed E-state index contributed by atoms with van der Waals surface area (Å²) < 4.78 is 13.7. The fraction of sp³-hybridized carbons (Fsp3) is 0.407. The van der Waals surface area contributed by atoms with Crippen LogP contribution in [-0.4, -0.2) is 71.8 Å². The van der Waals surface area contributed by atoms with Gasteiger partial charge in [-0.1, -0.05) is 24.3 Å². The van der Waals surface area contributed by atoms with Crippen LogP contribution in [0.4, 0.5) is 10.1 Å². The molecule has 38 heavy (non-hydrogen) atoms. The van der Waals surface area contributed by atoms with E-state index in [1.54, 1.807) is 23.0 Å². The number of benzene rings is 2. The van der Waals surface area contributed by atoms with Crippen molar-refractivity contribution in [2.75, 3.05) is 44.7 Å². The van der Waals surface area contributed by atoms with E-state index in [0.29, 0.717) is 26.2 Å². The Hall–Kier alpha value is -3.41. The topological polar surface area (TPSA) is 93.7 Å². The Bertz CT molecular complexity index is 1300. The average molecular weight is 540 g/mol. The number of hydrogen-bond donors (Lipinski definition) is 2. The Labute approximate surface area is 226 Å². The van der Waals surface area contributed by atoms with Crippen LogP contribution >= 0.6 is 11.3 Å². The predicted octanol–water partition coefficient (Wildman–Crippen LogP) is 2.88. The number of nitrogens with zero attached hydrogens (tertiary/aromatic N) is 5. The van der Waals surface area contributed by atoms with Crippen LogP contribution in [0.3, 0.4) is 0 Å². The first-order valence-corrected chi connectivity index (χ1v) is 13.5. The summed E-state index contributed by atoms with van der Waals surface area (Å²) in [5.41, 5.74) is 4.54. The lowest BCUT2D eigenvalue weighted by molar-refractivity contribution is -0.145. The number of carbonyl (C=O) groups excluding carboxylic acids is 2. The molecule has 0 fully saturated rings. The first-order valence-electron chi connectivity index (χ1n) is 12.7. The number of carbonyl (C=O) groups is 2. The molecule has 0 spiro atoms. The average Bonchev–Trinajstić information content (AvgIpc) is 3.51. The molecule has 0 bridgehead atoms. The summed E-state index contributed by atoms with van der Waals surface area (Å²) >= 11 is 1.52. The molecular weight excluding hydrogens is 505 g/mol. The molecule has 11 heteroatoms. The molecule has 1 aliphatic rings. The maximum Gasteiger partial charge on any atom is 0.256 e. The van der Waals surface area contributed by atoms with Crippen LogP contribution in [0.1, 0.15) is 28.6 Å². The lowest BCUT2D eigenvalue weighted by atomic mass is 10.1. The van der Waals surface area contributed by atoms with E-state index in [1.807, 2.05) is 44.0 Å². The molecule has 0 unspecified atom stereocenters. The highest BCUT2D eigenvalue weighted by atomic mass is 32.1. The largest absolute Gasteiger partial charge is 0.353 e. The summed E-state index contributed by atoms with van der Waals surface area (Å²) in [6.45, 7) is 8.92. The molecule has 9 nitrogen and oxygen atoms in total. The molecule has 2 aromatic carbocycles. The molecule has 0 radical (unpaired) electrons. The standard InChI is InChI=1S/C27H34FN7O2S/c1-5-29-10-11-30-25(36)16-34(24-9-7-20(12-18(24)2)27-32-31-19(3)38-27)17-26(37)33(4)35-14-21-6-8-23(28)13-22(21)15-35/h6-9,12-13,29H,5,10-11,14-17H2,1-4H3,(H,30,36). The Balaban J connectivity index is 1.50. The second kappa shape index (κ2) is 12.4. The van der Waals surface area contributed by atoms with Crippen molar-refractivity contribution in [2.45, 2.75) is 33.9 Å². The number of amides is 2. The van der Waals surface area contributed by atoms with Crippen molar-refractivity contribution in [3.05, 3.63) is 63.9 Å². The third-order valence-electron chi connectivity index (χ3n) is 6.50. The summed E-state index contributed by atoms with van der Waals surface area (Å²) in [6, 6.07) is 10.6. The van der Waals surface area contributed by atoms with Gasteiger partial charge in [0.25, 0.3) is 5.91 Å². The van der Waals surface area contributed by atoms with Crippen molar-refractivity contribution < 1.29 is 14.0 Å². The quantitative estimate of drug-likeness (QED) is 0.362. The first-order chi connectivity index (χ1) is 18.2. The maximum absolute atomic E-state index is 13.7. The highest BCUT2D eigenvalue weighted by molar-refractivity contribution is 7.14. The van der Waals surface area contributed by atoms with E-state index in [2.05, 4.69) is 20.8 Å². The second-order valence-corrected chi connectivity index (χ2v) is 10.5. The van der Waals surface area contributed by atoms with Gasteiger partial charge in [0, 0.05) is 44.5 Å². The van der Waals surface area contributed by atoms with Gasteiger partial charge in [-0.15, -0.1) is 10.2 Å². The van der Waals surface area contributed by atoms with Gasteiger partial charge in [0.2, 0.25) is 5.91 Å². The van der Waals surface area contributed by atoms with E-state index in [9.17, 15) is 14.0 Å². The molecule has 2 amide bonds. The van der Waals surface area contributed by atoms with Gasteiger partial charge in [-0.2, -0.15) is 0 Å². The smallest absolute Gasteiger partial charge is 0.256 e. The molecular formula is C27H34FN7O2S. The Kier molecular flexibility index (Phi) is 9.03. The zero-order valence-corrected chi connectivity index (χ0v) is 23.1. The third-order valence-corrected chi connectivity index (χ3v) is 7.39. The Morgan fingerprint density at radius 1 is 1.05 bits per heavy atom. The molecule has 2 heterocycles. The number of nitrogens with one attached hydrogen (secondary N) is 2. The van der Waals surface area contributed by atoms with Crippen molar-refractivity contribution in [3.8, 4) is 10.6 Å². The number of anilines is 1. The number of likely N-dealkylation sites (N-methyl/N-ethyl adjacent to an activating group) is 2. The van der Waals surface area contributed by atoms with Crippen LogP contribution in [0, 0.1) is 19.7 Å². The molecule has 0 saturated heterocycles. The summed E-state index contributed by atoms with van der Waals surface area (Å²) in [5.74, 6) is -0.610. The molecule has 0 atom stereocenters. The normalized spacial score (nSPS) is 12.9. The fourth-order valence-corrected chi connectivity index (χ4v) is 5.15. The van der Waals surface area contributed by atoms with Crippen molar-refractivity contribution in [1.29, 1.82) is 0 Å². The van der Waals surface area contributed by atoms with Gasteiger partial charge in [0.05, 0.1) is 13.1 Å². The molecule has 202 valence electrons. The molecule has 0 aliphatic carbocycles. The highest BCUT2D eigenvalue weighted by Crippen LogP contribution is 2.29. The lowest BCUT2D eigenvalue weighted by Crippen LogP contribution is -2.48. The zero-order chi connectivity index (χ0) is 27.2. The van der Waals surface area contributed by atoms with Crippen LogP contribution in [0.5, 0.6) is 0 Å². The molecule has 3 aromatic rings. The molecule has 1 aliphatic heterocycles. The van der Waals surface area contributed by atoms with E-state index in [0.717, 1.165) is 44.5 Å². The van der Waals surface area contributed by atoms with Gasteiger partial charge in [0.1, 0.15) is 15.8 Å². The molecule has 0 saturated carbocycles.